The minimum absolute atomic E-state index is 0.119. The summed E-state index contributed by atoms with van der Waals surface area (Å²) >= 11 is 0. The molecule has 7 nitrogen and oxygen atoms in total. The lowest BCUT2D eigenvalue weighted by atomic mass is 10.0. The highest BCUT2D eigenvalue weighted by Gasteiger charge is 2.03. The molecule has 1 aromatic carbocycles. The van der Waals surface area contributed by atoms with Gasteiger partial charge in [0.25, 0.3) is 0 Å². The summed E-state index contributed by atoms with van der Waals surface area (Å²) in [5.74, 6) is 0.770. The van der Waals surface area contributed by atoms with Crippen LogP contribution in [-0.4, -0.2) is 72.0 Å². The van der Waals surface area contributed by atoms with Crippen LogP contribution in [-0.2, 0) is 34.9 Å². The van der Waals surface area contributed by atoms with Crippen LogP contribution in [0.4, 0.5) is 0 Å². The highest BCUT2D eigenvalue weighted by Crippen LogP contribution is 2.16. The van der Waals surface area contributed by atoms with E-state index in [1.54, 1.807) is 0 Å². The van der Waals surface area contributed by atoms with Crippen molar-refractivity contribution in [2.24, 2.45) is 0 Å². The van der Waals surface area contributed by atoms with Crippen molar-refractivity contribution in [1.82, 2.24) is 0 Å². The molecule has 0 aliphatic carbocycles. The largest absolute Gasteiger partial charge is 0.491 e. The molecule has 0 heterocycles. The Morgan fingerprint density at radius 1 is 0.429 bits per heavy atom. The highest BCUT2D eigenvalue weighted by molar-refractivity contribution is 5.69. The van der Waals surface area contributed by atoms with E-state index in [-0.39, 0.29) is 5.97 Å². The van der Waals surface area contributed by atoms with Crippen molar-refractivity contribution in [2.45, 2.75) is 162 Å². The first-order valence-electron chi connectivity index (χ1n) is 20.4. The topological polar surface area (TPSA) is 72.5 Å². The summed E-state index contributed by atoms with van der Waals surface area (Å²) in [4.78, 5) is 11.9. The molecular weight excluding hydrogens is 616 g/mol. The molecule has 0 saturated heterocycles. The minimum atomic E-state index is -0.119. The molecule has 0 bridgehead atoms. The predicted molar refractivity (Wildman–Crippen MR) is 203 cm³/mol. The Morgan fingerprint density at radius 2 is 0.796 bits per heavy atom. The summed E-state index contributed by atoms with van der Waals surface area (Å²) in [7, 11) is 0. The molecule has 0 atom stereocenters. The molecule has 0 spiro atoms. The van der Waals surface area contributed by atoms with Gasteiger partial charge in [-0.15, -0.1) is 0 Å². The van der Waals surface area contributed by atoms with E-state index < -0.39 is 0 Å². The molecule has 0 N–H and O–H groups in total. The maximum atomic E-state index is 11.9. The first-order valence-corrected chi connectivity index (χ1v) is 20.4. The number of rotatable bonds is 39. The summed E-state index contributed by atoms with van der Waals surface area (Å²) < 4.78 is 33.2. The van der Waals surface area contributed by atoms with E-state index in [4.69, 9.17) is 28.4 Å². The van der Waals surface area contributed by atoms with Gasteiger partial charge in [-0.05, 0) is 37.0 Å². The molecule has 1 aromatic rings. The third-order valence-corrected chi connectivity index (χ3v) is 8.83. The van der Waals surface area contributed by atoms with Crippen molar-refractivity contribution in [3.63, 3.8) is 0 Å². The van der Waals surface area contributed by atoms with Crippen LogP contribution in [0.15, 0.2) is 24.3 Å². The van der Waals surface area contributed by atoms with Gasteiger partial charge >= 0.3 is 5.97 Å². The van der Waals surface area contributed by atoms with Crippen molar-refractivity contribution in [2.75, 3.05) is 66.1 Å². The van der Waals surface area contributed by atoms with Gasteiger partial charge in [0.2, 0.25) is 0 Å². The lowest BCUT2D eigenvalue weighted by Gasteiger charge is -2.09. The Kier molecular flexibility index (Phi) is 34.8. The van der Waals surface area contributed by atoms with Crippen LogP contribution in [0.25, 0.3) is 0 Å². The van der Waals surface area contributed by atoms with E-state index >= 15 is 0 Å². The number of hydrogen-bond acceptors (Lipinski definition) is 7. The van der Waals surface area contributed by atoms with Gasteiger partial charge in [0.1, 0.15) is 19.0 Å². The number of aryl methyl sites for hydroxylation is 1. The van der Waals surface area contributed by atoms with E-state index in [9.17, 15) is 4.79 Å². The minimum Gasteiger partial charge on any atom is -0.491 e. The van der Waals surface area contributed by atoms with Crippen LogP contribution < -0.4 is 4.74 Å². The van der Waals surface area contributed by atoms with Gasteiger partial charge in [0.05, 0.1) is 52.9 Å². The number of benzene rings is 1. The summed E-state index contributed by atoms with van der Waals surface area (Å²) in [6, 6.07) is 8.45. The number of unbranched alkanes of at least 4 members (excludes halogenated alkanes) is 19. The van der Waals surface area contributed by atoms with Crippen molar-refractivity contribution < 1.29 is 33.2 Å². The second-order valence-electron chi connectivity index (χ2n) is 13.4. The first-order chi connectivity index (χ1) is 24.3. The fraction of sp³-hybridized carbons (Fsp3) is 0.833. The third kappa shape index (κ3) is 33.2. The molecule has 286 valence electrons. The quantitative estimate of drug-likeness (QED) is 0.0502. The van der Waals surface area contributed by atoms with Gasteiger partial charge in [-0.25, -0.2) is 0 Å². The van der Waals surface area contributed by atoms with Crippen molar-refractivity contribution in [1.29, 1.82) is 0 Å². The molecule has 0 saturated carbocycles. The maximum Gasteiger partial charge on any atom is 0.305 e. The molecular formula is C42H76O7. The molecule has 0 fully saturated rings. The predicted octanol–water partition coefficient (Wildman–Crippen LogP) is 10.8. The molecule has 0 radical (unpaired) electrons. The molecule has 0 aliphatic heterocycles. The Hall–Kier alpha value is -1.67. The molecule has 0 unspecified atom stereocenters. The van der Waals surface area contributed by atoms with E-state index in [2.05, 4.69) is 38.1 Å². The monoisotopic (exact) mass is 693 g/mol. The van der Waals surface area contributed by atoms with Gasteiger partial charge in [0, 0.05) is 6.42 Å². The van der Waals surface area contributed by atoms with E-state index in [1.165, 1.54) is 128 Å². The van der Waals surface area contributed by atoms with Gasteiger partial charge in [0.15, 0.2) is 0 Å². The zero-order chi connectivity index (χ0) is 35.1. The number of carbonyl (C=O) groups is 1. The zero-order valence-electron chi connectivity index (χ0n) is 32.0. The van der Waals surface area contributed by atoms with Gasteiger partial charge < -0.3 is 28.4 Å². The third-order valence-electron chi connectivity index (χ3n) is 8.83. The molecule has 0 amide bonds. The van der Waals surface area contributed by atoms with Gasteiger partial charge in [-0.2, -0.15) is 0 Å². The Morgan fingerprint density at radius 3 is 1.24 bits per heavy atom. The van der Waals surface area contributed by atoms with Crippen molar-refractivity contribution in [3.05, 3.63) is 29.8 Å². The van der Waals surface area contributed by atoms with Gasteiger partial charge in [-0.1, -0.05) is 148 Å². The molecule has 1 rings (SSSR count). The summed E-state index contributed by atoms with van der Waals surface area (Å²) in [5, 5.41) is 0. The average molecular weight is 693 g/mol. The van der Waals surface area contributed by atoms with Crippen molar-refractivity contribution >= 4 is 5.97 Å². The smallest absolute Gasteiger partial charge is 0.305 e. The van der Waals surface area contributed by atoms with Crippen LogP contribution in [0.5, 0.6) is 5.75 Å². The molecule has 0 aliphatic rings. The summed E-state index contributed by atoms with van der Waals surface area (Å²) in [6.45, 7) is 9.34. The van der Waals surface area contributed by atoms with Crippen LogP contribution in [0.3, 0.4) is 0 Å². The number of hydrogen-bond donors (Lipinski definition) is 0. The summed E-state index contributed by atoms with van der Waals surface area (Å²) in [5.41, 5.74) is 1.38. The standard InChI is InChI=1S/C42H76O7/c1-3-5-7-9-11-12-13-14-15-16-17-18-19-21-23-25-42(43)49-39-37-47-35-33-45-31-30-44-32-34-46-36-38-48-41-28-26-40(27-29-41)24-22-20-10-8-6-4-2/h26-29H,3-25,30-39H2,1-2H3. The normalized spacial score (nSPS) is 11.3. The van der Waals surface area contributed by atoms with Crippen LogP contribution >= 0.6 is 0 Å². The van der Waals surface area contributed by atoms with Gasteiger partial charge in [-0.3, -0.25) is 4.79 Å². The first kappa shape index (κ1) is 45.4. The Labute approximate surface area is 301 Å². The Bertz CT molecular complexity index is 801. The fourth-order valence-electron chi connectivity index (χ4n) is 5.77. The molecule has 49 heavy (non-hydrogen) atoms. The fourth-order valence-corrected chi connectivity index (χ4v) is 5.77. The molecule has 0 aromatic heterocycles. The average Bonchev–Trinajstić information content (AvgIpc) is 3.11. The van der Waals surface area contributed by atoms with E-state index in [0.717, 1.165) is 25.0 Å². The van der Waals surface area contributed by atoms with E-state index in [0.29, 0.717) is 72.5 Å². The van der Waals surface area contributed by atoms with Crippen LogP contribution in [0, 0.1) is 0 Å². The van der Waals surface area contributed by atoms with Crippen molar-refractivity contribution in [3.8, 4) is 5.75 Å². The number of ether oxygens (including phenoxy) is 6. The van der Waals surface area contributed by atoms with Crippen LogP contribution in [0.2, 0.25) is 0 Å². The molecule has 7 heteroatoms. The van der Waals surface area contributed by atoms with Crippen LogP contribution in [0.1, 0.15) is 161 Å². The number of carbonyl (C=O) groups excluding carboxylic acids is 1. The second-order valence-corrected chi connectivity index (χ2v) is 13.4. The SMILES string of the molecule is CCCCCCCCCCCCCCCCCC(=O)OCCOCCOCCOCCOCCOc1ccc(CCCCCCCC)cc1. The maximum absolute atomic E-state index is 11.9. The second kappa shape index (κ2) is 37.6. The lowest BCUT2D eigenvalue weighted by molar-refractivity contribution is -0.145. The zero-order valence-corrected chi connectivity index (χ0v) is 32.0. The summed E-state index contributed by atoms with van der Waals surface area (Å²) in [6.07, 6.45) is 29.5. The Balaban J connectivity index is 1.74. The highest BCUT2D eigenvalue weighted by atomic mass is 16.6. The number of esters is 1. The lowest BCUT2D eigenvalue weighted by Crippen LogP contribution is -2.15. The van der Waals surface area contributed by atoms with E-state index in [1.807, 2.05) is 0 Å².